The predicted molar refractivity (Wildman–Crippen MR) is 270 cm³/mol. The Morgan fingerprint density at radius 3 is 1.17 bits per heavy atom. The van der Waals surface area contributed by atoms with E-state index in [-0.39, 0.29) is 0 Å². The summed E-state index contributed by atoms with van der Waals surface area (Å²) in [6.07, 6.45) is 0. The molecule has 0 saturated carbocycles. The molecule has 1 spiro atoms. The van der Waals surface area contributed by atoms with Gasteiger partial charge in [-0.1, -0.05) is 212 Å². The lowest BCUT2D eigenvalue weighted by Gasteiger charge is -2.35. The summed E-state index contributed by atoms with van der Waals surface area (Å²) in [4.78, 5) is 2.59. The van der Waals surface area contributed by atoms with Gasteiger partial charge in [-0.3, -0.25) is 0 Å². The normalized spacial score (nSPS) is 13.9. The van der Waals surface area contributed by atoms with E-state index in [1.807, 2.05) is 0 Å². The van der Waals surface area contributed by atoms with E-state index in [2.05, 4.69) is 255 Å². The smallest absolute Gasteiger partial charge is 0.0726 e. The van der Waals surface area contributed by atoms with Crippen LogP contribution in [0.4, 0.5) is 17.1 Å². The molecule has 3 aliphatic carbocycles. The lowest BCUT2D eigenvalue weighted by molar-refractivity contribution is 0.768. The molecule has 0 N–H and O–H groups in total. The number of benzene rings is 10. The summed E-state index contributed by atoms with van der Waals surface area (Å²) in [5, 5.41) is 0. The summed E-state index contributed by atoms with van der Waals surface area (Å²) in [7, 11) is 0. The maximum absolute atomic E-state index is 2.59. The number of nitrogens with zero attached hydrogens (tertiary/aromatic N) is 1. The third kappa shape index (κ3) is 5.04. The lowest BCUT2D eigenvalue weighted by atomic mass is 9.68. The molecule has 0 radical (unpaired) electrons. The minimum Gasteiger partial charge on any atom is -0.309 e. The van der Waals surface area contributed by atoms with Gasteiger partial charge < -0.3 is 4.90 Å². The quantitative estimate of drug-likeness (QED) is 0.161. The fourth-order valence-corrected chi connectivity index (χ4v) is 12.3. The van der Waals surface area contributed by atoms with Crippen LogP contribution in [-0.4, -0.2) is 0 Å². The molecule has 10 aromatic carbocycles. The zero-order chi connectivity index (χ0) is 43.3. The van der Waals surface area contributed by atoms with Gasteiger partial charge in [-0.2, -0.15) is 0 Å². The van der Waals surface area contributed by atoms with Crippen LogP contribution in [0.1, 0.15) is 55.6 Å². The number of anilines is 3. The Morgan fingerprint density at radius 1 is 0.277 bits per heavy atom. The Kier molecular flexibility index (Phi) is 8.24. The van der Waals surface area contributed by atoms with E-state index >= 15 is 0 Å². The fourth-order valence-electron chi connectivity index (χ4n) is 12.3. The SMILES string of the molecule is Cc1ccccc1-c1ccc(N(c2cccc3c2-c2ccccc2C3(c2ccccc2)c2ccccc2)c2cccc3c2-c2ccccc2C32c3ccccc3-c3ccccc32)cc1C. The molecule has 0 heterocycles. The molecule has 0 bridgehead atoms. The van der Waals surface area contributed by atoms with Gasteiger partial charge in [0.1, 0.15) is 0 Å². The highest BCUT2D eigenvalue weighted by Crippen LogP contribution is 2.66. The van der Waals surface area contributed by atoms with Crippen molar-refractivity contribution in [2.24, 2.45) is 0 Å². The molecule has 13 rings (SSSR count). The molecule has 10 aromatic rings. The van der Waals surface area contributed by atoms with Crippen LogP contribution in [0.2, 0.25) is 0 Å². The first kappa shape index (κ1) is 37.5. The summed E-state index contributed by atoms with van der Waals surface area (Å²) in [5.41, 5.74) is 25.6. The van der Waals surface area contributed by atoms with Gasteiger partial charge in [-0.05, 0) is 127 Å². The van der Waals surface area contributed by atoms with Gasteiger partial charge in [-0.25, -0.2) is 0 Å². The standard InChI is InChI=1S/C64H45N/c1-42-21-9-10-26-47(42)48-40-39-46(41-43(48)2)65(59-37-19-35-57-61(59)51-29-13-17-33-55(51)63(57,44-22-5-3-6-23-44)45-24-7-4-8-25-45)60-38-20-36-58-62(60)52-30-14-18-34-56(52)64(58)53-31-15-11-27-49(53)50-28-12-16-32-54(50)64/h3-41H,1-2H3. The van der Waals surface area contributed by atoms with Crippen LogP contribution in [0.25, 0.3) is 44.5 Å². The Morgan fingerprint density at radius 2 is 0.662 bits per heavy atom. The third-order valence-corrected chi connectivity index (χ3v) is 14.8. The molecular formula is C64H45N. The molecule has 3 aliphatic rings. The molecule has 0 unspecified atom stereocenters. The van der Waals surface area contributed by atoms with Gasteiger partial charge in [0.25, 0.3) is 0 Å². The van der Waals surface area contributed by atoms with Crippen molar-refractivity contribution in [1.29, 1.82) is 0 Å². The van der Waals surface area contributed by atoms with Crippen molar-refractivity contribution in [3.63, 3.8) is 0 Å². The molecule has 0 amide bonds. The number of aryl methyl sites for hydroxylation is 2. The van der Waals surface area contributed by atoms with Crippen LogP contribution in [0.5, 0.6) is 0 Å². The molecule has 0 aliphatic heterocycles. The van der Waals surface area contributed by atoms with Crippen LogP contribution in [-0.2, 0) is 10.8 Å². The second-order valence-electron chi connectivity index (χ2n) is 18.0. The largest absolute Gasteiger partial charge is 0.309 e. The summed E-state index contributed by atoms with van der Waals surface area (Å²) >= 11 is 0. The van der Waals surface area contributed by atoms with Crippen molar-refractivity contribution in [3.8, 4) is 44.5 Å². The molecular weight excluding hydrogens is 783 g/mol. The third-order valence-electron chi connectivity index (χ3n) is 14.8. The van der Waals surface area contributed by atoms with Crippen molar-refractivity contribution in [3.05, 3.63) is 292 Å². The molecule has 306 valence electrons. The number of rotatable bonds is 6. The lowest BCUT2D eigenvalue weighted by Crippen LogP contribution is -2.28. The summed E-state index contributed by atoms with van der Waals surface area (Å²) in [6.45, 7) is 4.49. The van der Waals surface area contributed by atoms with Crippen LogP contribution in [0.3, 0.4) is 0 Å². The van der Waals surface area contributed by atoms with Crippen molar-refractivity contribution in [1.82, 2.24) is 0 Å². The molecule has 0 aromatic heterocycles. The summed E-state index contributed by atoms with van der Waals surface area (Å²) < 4.78 is 0. The number of hydrogen-bond donors (Lipinski definition) is 0. The second kappa shape index (κ2) is 14.3. The first-order chi connectivity index (χ1) is 32.1. The van der Waals surface area contributed by atoms with E-state index in [9.17, 15) is 0 Å². The van der Waals surface area contributed by atoms with E-state index in [4.69, 9.17) is 0 Å². The van der Waals surface area contributed by atoms with Gasteiger partial charge in [0, 0.05) is 16.8 Å². The van der Waals surface area contributed by atoms with Crippen molar-refractivity contribution in [2.75, 3.05) is 4.90 Å². The second-order valence-corrected chi connectivity index (χ2v) is 18.0. The van der Waals surface area contributed by atoms with Crippen LogP contribution < -0.4 is 4.90 Å². The van der Waals surface area contributed by atoms with Gasteiger partial charge >= 0.3 is 0 Å². The monoisotopic (exact) mass is 827 g/mol. The minimum absolute atomic E-state index is 0.466. The minimum atomic E-state index is -0.534. The van der Waals surface area contributed by atoms with E-state index in [0.717, 1.165) is 11.4 Å². The van der Waals surface area contributed by atoms with Gasteiger partial charge in [0.15, 0.2) is 0 Å². The van der Waals surface area contributed by atoms with Crippen molar-refractivity contribution >= 4 is 17.1 Å². The topological polar surface area (TPSA) is 3.24 Å². The van der Waals surface area contributed by atoms with E-state index in [0.29, 0.717) is 0 Å². The molecule has 65 heavy (non-hydrogen) atoms. The van der Waals surface area contributed by atoms with Crippen molar-refractivity contribution in [2.45, 2.75) is 24.7 Å². The molecule has 0 saturated heterocycles. The first-order valence-electron chi connectivity index (χ1n) is 22.9. The van der Waals surface area contributed by atoms with Gasteiger partial charge in [-0.15, -0.1) is 0 Å². The van der Waals surface area contributed by atoms with Crippen molar-refractivity contribution < 1.29 is 0 Å². The average molecular weight is 828 g/mol. The Bertz CT molecular complexity index is 3340. The zero-order valence-corrected chi connectivity index (χ0v) is 36.5. The van der Waals surface area contributed by atoms with E-state index in [1.165, 1.54) is 106 Å². The van der Waals surface area contributed by atoms with Crippen LogP contribution in [0.15, 0.2) is 237 Å². The molecule has 0 atom stereocenters. The molecule has 1 heteroatoms. The zero-order valence-electron chi connectivity index (χ0n) is 36.5. The maximum Gasteiger partial charge on any atom is 0.0726 e. The summed E-state index contributed by atoms with van der Waals surface area (Å²) in [5.74, 6) is 0. The van der Waals surface area contributed by atoms with Gasteiger partial charge in [0.05, 0.1) is 22.2 Å². The van der Waals surface area contributed by atoms with E-state index in [1.54, 1.807) is 0 Å². The average Bonchev–Trinajstić information content (AvgIpc) is 3.96. The van der Waals surface area contributed by atoms with Gasteiger partial charge in [0.2, 0.25) is 0 Å². The Labute approximate surface area is 381 Å². The molecule has 0 fully saturated rings. The van der Waals surface area contributed by atoms with Crippen LogP contribution >= 0.6 is 0 Å². The fraction of sp³-hybridized carbons (Fsp3) is 0.0625. The highest BCUT2D eigenvalue weighted by molar-refractivity contribution is 6.04. The van der Waals surface area contributed by atoms with E-state index < -0.39 is 10.8 Å². The summed E-state index contributed by atoms with van der Waals surface area (Å²) in [6, 6.07) is 88.8. The Balaban J connectivity index is 1.14. The predicted octanol–water partition coefficient (Wildman–Crippen LogP) is 16.1. The number of hydrogen-bond acceptors (Lipinski definition) is 1. The molecule has 1 nitrogen and oxygen atoms in total. The highest BCUT2D eigenvalue weighted by atomic mass is 15.1. The highest BCUT2D eigenvalue weighted by Gasteiger charge is 2.53. The van der Waals surface area contributed by atoms with Crippen LogP contribution in [0, 0.1) is 13.8 Å². The number of fused-ring (bicyclic) bond motifs is 13. The first-order valence-corrected chi connectivity index (χ1v) is 22.9. The Hall–Kier alpha value is -8.00. The maximum atomic E-state index is 2.59.